The van der Waals surface area contributed by atoms with Gasteiger partial charge in [-0.3, -0.25) is 0 Å². The van der Waals surface area contributed by atoms with Crippen LogP contribution in [0.15, 0.2) is 63.5 Å². The third-order valence-electron chi connectivity index (χ3n) is 3.83. The topological polar surface area (TPSA) is 13.1 Å². The van der Waals surface area contributed by atoms with E-state index in [1.165, 1.54) is 5.56 Å². The van der Waals surface area contributed by atoms with Crippen molar-refractivity contribution < 1.29 is 4.42 Å². The van der Waals surface area contributed by atoms with Gasteiger partial charge in [0.05, 0.1) is 4.47 Å². The Balaban J connectivity index is 1.96. The lowest BCUT2D eigenvalue weighted by atomic mass is 9.86. The van der Waals surface area contributed by atoms with E-state index in [1.807, 2.05) is 30.3 Å². The van der Waals surface area contributed by atoms with Gasteiger partial charge in [0.15, 0.2) is 0 Å². The second-order valence-corrected chi connectivity index (χ2v) is 7.91. The van der Waals surface area contributed by atoms with Gasteiger partial charge >= 0.3 is 0 Å². The Morgan fingerprint density at radius 2 is 1.43 bits per heavy atom. The molecule has 0 aliphatic carbocycles. The van der Waals surface area contributed by atoms with Gasteiger partial charge in [-0.2, -0.15) is 0 Å². The smallest absolute Gasteiger partial charge is 0.148 e. The Hall–Kier alpha value is -1.51. The third kappa shape index (κ3) is 3.54. The molecule has 0 fully saturated rings. The average Bonchev–Trinajstić information content (AvgIpc) is 2.89. The van der Waals surface area contributed by atoms with Gasteiger partial charge in [-0.05, 0) is 57.2 Å². The molecule has 118 valence electrons. The van der Waals surface area contributed by atoms with Crippen LogP contribution < -0.4 is 0 Å². The fourth-order valence-electron chi connectivity index (χ4n) is 2.44. The number of hydrogen-bond acceptors (Lipinski definition) is 1. The summed E-state index contributed by atoms with van der Waals surface area (Å²) in [6, 6.07) is 18.2. The molecule has 0 radical (unpaired) electrons. The maximum absolute atomic E-state index is 6.06. The Kier molecular flexibility index (Phi) is 4.39. The molecule has 0 saturated carbocycles. The first-order valence-electron chi connectivity index (χ1n) is 7.51. The summed E-state index contributed by atoms with van der Waals surface area (Å²) >= 11 is 9.55. The molecule has 0 unspecified atom stereocenters. The first-order valence-corrected chi connectivity index (χ1v) is 8.68. The zero-order chi connectivity index (χ0) is 16.6. The van der Waals surface area contributed by atoms with E-state index in [0.717, 1.165) is 32.1 Å². The van der Waals surface area contributed by atoms with Crippen LogP contribution in [0.2, 0.25) is 5.02 Å². The SMILES string of the molecule is CC(C)(C)c1ccc(-c2oc(-c3ccc(Cl)cc3)cc2Br)cc1. The number of benzene rings is 2. The zero-order valence-electron chi connectivity index (χ0n) is 13.4. The number of rotatable bonds is 2. The van der Waals surface area contributed by atoms with Crippen LogP contribution in [-0.2, 0) is 5.41 Å². The van der Waals surface area contributed by atoms with Gasteiger partial charge < -0.3 is 4.42 Å². The normalized spacial score (nSPS) is 11.7. The number of furan rings is 1. The molecule has 0 bridgehead atoms. The lowest BCUT2D eigenvalue weighted by Crippen LogP contribution is -2.10. The molecule has 3 rings (SSSR count). The van der Waals surface area contributed by atoms with Crippen LogP contribution in [0.25, 0.3) is 22.6 Å². The summed E-state index contributed by atoms with van der Waals surface area (Å²) in [6.07, 6.45) is 0. The molecule has 1 nitrogen and oxygen atoms in total. The van der Waals surface area contributed by atoms with Crippen molar-refractivity contribution in [3.05, 3.63) is 69.7 Å². The molecule has 0 aliphatic heterocycles. The standard InChI is InChI=1S/C20H18BrClO/c1-20(2,3)15-8-4-14(5-9-15)19-17(21)12-18(23-19)13-6-10-16(22)11-7-13/h4-12H,1-3H3. The van der Waals surface area contributed by atoms with Gasteiger partial charge in [-0.15, -0.1) is 0 Å². The second-order valence-electron chi connectivity index (χ2n) is 6.62. The van der Waals surface area contributed by atoms with Crippen LogP contribution >= 0.6 is 27.5 Å². The molecule has 0 saturated heterocycles. The first-order chi connectivity index (χ1) is 10.8. The van der Waals surface area contributed by atoms with E-state index >= 15 is 0 Å². The quantitative estimate of drug-likeness (QED) is 0.447. The summed E-state index contributed by atoms with van der Waals surface area (Å²) in [5.74, 6) is 1.67. The van der Waals surface area contributed by atoms with Gasteiger partial charge in [-0.25, -0.2) is 0 Å². The second kappa shape index (κ2) is 6.18. The van der Waals surface area contributed by atoms with Crippen LogP contribution in [0.4, 0.5) is 0 Å². The molecule has 23 heavy (non-hydrogen) atoms. The predicted molar refractivity (Wildman–Crippen MR) is 101 cm³/mol. The minimum Gasteiger partial charge on any atom is -0.455 e. The Morgan fingerprint density at radius 1 is 0.870 bits per heavy atom. The van der Waals surface area contributed by atoms with Gasteiger partial charge in [0.25, 0.3) is 0 Å². The van der Waals surface area contributed by atoms with Crippen LogP contribution in [0.5, 0.6) is 0 Å². The largest absolute Gasteiger partial charge is 0.455 e. The molecular weight excluding hydrogens is 372 g/mol. The van der Waals surface area contributed by atoms with Crippen LogP contribution in [0.1, 0.15) is 26.3 Å². The molecule has 1 aromatic heterocycles. The summed E-state index contributed by atoms with van der Waals surface area (Å²) in [6.45, 7) is 6.64. The molecule has 0 amide bonds. The molecule has 0 N–H and O–H groups in total. The molecular formula is C20H18BrClO. The molecule has 0 spiro atoms. The van der Waals surface area contributed by atoms with Gasteiger partial charge in [0.1, 0.15) is 11.5 Å². The Morgan fingerprint density at radius 3 is 2.00 bits per heavy atom. The van der Waals surface area contributed by atoms with Crippen molar-refractivity contribution in [1.82, 2.24) is 0 Å². The van der Waals surface area contributed by atoms with Crippen LogP contribution in [-0.4, -0.2) is 0 Å². The van der Waals surface area contributed by atoms with Crippen LogP contribution in [0, 0.1) is 0 Å². The average molecular weight is 390 g/mol. The minimum absolute atomic E-state index is 0.146. The Labute approximate surface area is 150 Å². The van der Waals surface area contributed by atoms with E-state index in [-0.39, 0.29) is 5.41 Å². The summed E-state index contributed by atoms with van der Waals surface area (Å²) in [7, 11) is 0. The third-order valence-corrected chi connectivity index (χ3v) is 4.67. The minimum atomic E-state index is 0.146. The van der Waals surface area contributed by atoms with Crippen molar-refractivity contribution in [3.8, 4) is 22.6 Å². The van der Waals surface area contributed by atoms with Crippen molar-refractivity contribution in [3.63, 3.8) is 0 Å². The van der Waals surface area contributed by atoms with Gasteiger partial charge in [-0.1, -0.05) is 56.6 Å². The molecule has 3 heteroatoms. The number of hydrogen-bond donors (Lipinski definition) is 0. The summed E-state index contributed by atoms with van der Waals surface area (Å²) in [5, 5.41) is 0.720. The molecule has 2 aromatic carbocycles. The van der Waals surface area contributed by atoms with Crippen molar-refractivity contribution in [1.29, 1.82) is 0 Å². The lowest BCUT2D eigenvalue weighted by molar-refractivity contribution is 0.588. The molecule has 0 atom stereocenters. The van der Waals surface area contributed by atoms with E-state index in [4.69, 9.17) is 16.0 Å². The van der Waals surface area contributed by atoms with E-state index < -0.39 is 0 Å². The highest BCUT2D eigenvalue weighted by molar-refractivity contribution is 9.10. The van der Waals surface area contributed by atoms with E-state index in [9.17, 15) is 0 Å². The van der Waals surface area contributed by atoms with Crippen molar-refractivity contribution >= 4 is 27.5 Å². The maximum atomic E-state index is 6.06. The van der Waals surface area contributed by atoms with Crippen molar-refractivity contribution in [2.75, 3.05) is 0 Å². The fourth-order valence-corrected chi connectivity index (χ4v) is 3.09. The molecule has 3 aromatic rings. The highest BCUT2D eigenvalue weighted by Crippen LogP contribution is 2.37. The van der Waals surface area contributed by atoms with E-state index in [1.54, 1.807) is 0 Å². The van der Waals surface area contributed by atoms with Gasteiger partial charge in [0, 0.05) is 16.1 Å². The van der Waals surface area contributed by atoms with Crippen LogP contribution in [0.3, 0.4) is 0 Å². The first kappa shape index (κ1) is 16.4. The summed E-state index contributed by atoms with van der Waals surface area (Å²) in [4.78, 5) is 0. The highest BCUT2D eigenvalue weighted by atomic mass is 79.9. The van der Waals surface area contributed by atoms with Gasteiger partial charge in [0.2, 0.25) is 0 Å². The fraction of sp³-hybridized carbons (Fsp3) is 0.200. The summed E-state index contributed by atoms with van der Waals surface area (Å²) < 4.78 is 7.01. The van der Waals surface area contributed by atoms with E-state index in [0.29, 0.717) is 0 Å². The summed E-state index contributed by atoms with van der Waals surface area (Å²) in [5.41, 5.74) is 3.52. The maximum Gasteiger partial charge on any atom is 0.148 e. The number of halogens is 2. The molecule has 1 heterocycles. The Bertz CT molecular complexity index is 808. The lowest BCUT2D eigenvalue weighted by Gasteiger charge is -2.18. The zero-order valence-corrected chi connectivity index (χ0v) is 15.7. The highest BCUT2D eigenvalue weighted by Gasteiger charge is 2.16. The monoisotopic (exact) mass is 388 g/mol. The predicted octanol–water partition coefficient (Wildman–Crippen LogP) is 7.33. The van der Waals surface area contributed by atoms with E-state index in [2.05, 4.69) is 61.0 Å². The van der Waals surface area contributed by atoms with Crippen molar-refractivity contribution in [2.45, 2.75) is 26.2 Å². The van der Waals surface area contributed by atoms with Crippen molar-refractivity contribution in [2.24, 2.45) is 0 Å². The molecule has 0 aliphatic rings.